The number of benzene rings is 3. The van der Waals surface area contributed by atoms with Gasteiger partial charge in [0.1, 0.15) is 18.1 Å². The predicted octanol–water partition coefficient (Wildman–Crippen LogP) is 5.65. The lowest BCUT2D eigenvalue weighted by molar-refractivity contribution is 0.0601. The average molecular weight is 508 g/mol. The van der Waals surface area contributed by atoms with Crippen LogP contribution in [0.25, 0.3) is 0 Å². The Hall–Kier alpha value is -4.20. The van der Waals surface area contributed by atoms with Gasteiger partial charge in [0.25, 0.3) is 5.91 Å². The summed E-state index contributed by atoms with van der Waals surface area (Å²) in [7, 11) is 4.19. The zero-order valence-corrected chi connectivity index (χ0v) is 22.3. The van der Waals surface area contributed by atoms with Crippen molar-refractivity contribution in [2.45, 2.75) is 34.3 Å². The van der Waals surface area contributed by atoms with E-state index in [0.717, 1.165) is 22.4 Å². The molecule has 8 nitrogen and oxygen atoms in total. The molecular weight excluding hydrogens is 474 g/mol. The summed E-state index contributed by atoms with van der Waals surface area (Å²) in [5.74, 6) is 1.05. The number of anilines is 1. The molecule has 1 N–H and O–H groups in total. The maximum atomic E-state index is 13.3. The van der Waals surface area contributed by atoms with Gasteiger partial charge in [0.05, 0.1) is 39.2 Å². The monoisotopic (exact) mass is 507 g/mol. The molecule has 3 aromatic rings. The largest absolute Gasteiger partial charge is 0.493 e. The second-order valence-corrected chi connectivity index (χ2v) is 8.45. The number of aryl methyl sites for hydroxylation is 2. The summed E-state index contributed by atoms with van der Waals surface area (Å²) in [5, 5.41) is 2.79. The summed E-state index contributed by atoms with van der Waals surface area (Å²) < 4.78 is 27.4. The van der Waals surface area contributed by atoms with Gasteiger partial charge in [-0.15, -0.1) is 0 Å². The molecule has 0 saturated carbocycles. The molecule has 0 aliphatic rings. The highest BCUT2D eigenvalue weighted by Crippen LogP contribution is 2.34. The molecule has 196 valence electrons. The Morgan fingerprint density at radius 2 is 1.51 bits per heavy atom. The minimum absolute atomic E-state index is 0.133. The number of rotatable bonds is 10. The van der Waals surface area contributed by atoms with Crippen LogP contribution in [0, 0.1) is 20.8 Å². The summed E-state index contributed by atoms with van der Waals surface area (Å²) in [6.07, 6.45) is 0. The van der Waals surface area contributed by atoms with E-state index < -0.39 is 11.9 Å². The van der Waals surface area contributed by atoms with E-state index in [1.807, 2.05) is 33.8 Å². The molecule has 37 heavy (non-hydrogen) atoms. The third-order valence-electron chi connectivity index (χ3n) is 5.95. The van der Waals surface area contributed by atoms with Crippen molar-refractivity contribution in [3.05, 3.63) is 75.8 Å². The molecule has 0 radical (unpaired) electrons. The molecule has 0 aliphatic carbocycles. The van der Waals surface area contributed by atoms with Gasteiger partial charge in [0.2, 0.25) is 0 Å². The third kappa shape index (κ3) is 6.33. The van der Waals surface area contributed by atoms with E-state index in [-0.39, 0.29) is 17.9 Å². The van der Waals surface area contributed by atoms with Gasteiger partial charge in [-0.2, -0.15) is 0 Å². The second kappa shape index (κ2) is 12.2. The number of nitrogens with one attached hydrogen (secondary N) is 1. The minimum atomic E-state index is -0.624. The summed E-state index contributed by atoms with van der Waals surface area (Å²) >= 11 is 0. The number of hydrogen-bond donors (Lipinski definition) is 1. The lowest BCUT2D eigenvalue weighted by atomic mass is 10.1. The second-order valence-electron chi connectivity index (χ2n) is 8.45. The van der Waals surface area contributed by atoms with Gasteiger partial charge in [-0.25, -0.2) is 4.79 Å². The Morgan fingerprint density at radius 3 is 2.16 bits per heavy atom. The standard InChI is InChI=1S/C29H33NO7/c1-8-36-24-10-9-20(13-21(24)16-37-25-12-17(2)11-18(3)19(25)4)28(31)30-23-15-27(34-6)26(33-5)14-22(23)29(32)35-7/h9-15H,8,16H2,1-7H3,(H,30,31). The van der Waals surface area contributed by atoms with Crippen molar-refractivity contribution >= 4 is 17.6 Å². The van der Waals surface area contributed by atoms with Crippen LogP contribution < -0.4 is 24.3 Å². The molecule has 0 unspecified atom stereocenters. The Bertz CT molecular complexity index is 1300. The fourth-order valence-electron chi connectivity index (χ4n) is 3.89. The van der Waals surface area contributed by atoms with Crippen LogP contribution in [-0.2, 0) is 11.3 Å². The van der Waals surface area contributed by atoms with Gasteiger partial charge in [-0.05, 0) is 68.7 Å². The van der Waals surface area contributed by atoms with E-state index in [1.54, 1.807) is 18.2 Å². The lowest BCUT2D eigenvalue weighted by Crippen LogP contribution is -2.16. The van der Waals surface area contributed by atoms with Gasteiger partial charge in [0, 0.05) is 23.3 Å². The molecular formula is C29H33NO7. The van der Waals surface area contributed by atoms with Gasteiger partial charge >= 0.3 is 5.97 Å². The van der Waals surface area contributed by atoms with Crippen molar-refractivity contribution in [1.29, 1.82) is 0 Å². The van der Waals surface area contributed by atoms with Crippen molar-refractivity contribution in [1.82, 2.24) is 0 Å². The molecule has 8 heteroatoms. The quantitative estimate of drug-likeness (QED) is 0.355. The number of hydrogen-bond acceptors (Lipinski definition) is 7. The summed E-state index contributed by atoms with van der Waals surface area (Å²) in [6.45, 7) is 8.65. The number of carbonyl (C=O) groups excluding carboxylic acids is 2. The number of methoxy groups -OCH3 is 3. The van der Waals surface area contributed by atoms with E-state index in [0.29, 0.717) is 35.0 Å². The summed E-state index contributed by atoms with van der Waals surface area (Å²) in [6, 6.07) is 12.2. The van der Waals surface area contributed by atoms with Crippen LogP contribution in [0.5, 0.6) is 23.0 Å². The van der Waals surface area contributed by atoms with Crippen LogP contribution in [0.3, 0.4) is 0 Å². The Balaban J connectivity index is 1.93. The van der Waals surface area contributed by atoms with Crippen molar-refractivity contribution in [3.8, 4) is 23.0 Å². The van der Waals surface area contributed by atoms with Gasteiger partial charge in [0.15, 0.2) is 11.5 Å². The first kappa shape index (κ1) is 27.4. The predicted molar refractivity (Wildman–Crippen MR) is 141 cm³/mol. The molecule has 0 aromatic heterocycles. The zero-order chi connectivity index (χ0) is 27.1. The van der Waals surface area contributed by atoms with E-state index in [9.17, 15) is 9.59 Å². The molecule has 0 bridgehead atoms. The van der Waals surface area contributed by atoms with Gasteiger partial charge < -0.3 is 29.0 Å². The summed E-state index contributed by atoms with van der Waals surface area (Å²) in [5.41, 5.74) is 4.75. The maximum absolute atomic E-state index is 13.3. The van der Waals surface area contributed by atoms with E-state index in [2.05, 4.69) is 11.4 Å². The van der Waals surface area contributed by atoms with Crippen LogP contribution in [0.1, 0.15) is 49.9 Å². The van der Waals surface area contributed by atoms with Crippen molar-refractivity contribution < 1.29 is 33.3 Å². The third-order valence-corrected chi connectivity index (χ3v) is 5.95. The molecule has 0 heterocycles. The Kier molecular flexibility index (Phi) is 9.00. The van der Waals surface area contributed by atoms with E-state index in [4.69, 9.17) is 23.7 Å². The van der Waals surface area contributed by atoms with Crippen molar-refractivity contribution in [2.24, 2.45) is 0 Å². The number of ether oxygens (including phenoxy) is 5. The fraction of sp³-hybridized carbons (Fsp3) is 0.310. The van der Waals surface area contributed by atoms with Gasteiger partial charge in [-0.3, -0.25) is 4.79 Å². The lowest BCUT2D eigenvalue weighted by Gasteiger charge is -2.17. The minimum Gasteiger partial charge on any atom is -0.493 e. The number of amides is 1. The SMILES string of the molecule is CCOc1ccc(C(=O)Nc2cc(OC)c(OC)cc2C(=O)OC)cc1COc1cc(C)cc(C)c1C. The van der Waals surface area contributed by atoms with Crippen LogP contribution in [0.2, 0.25) is 0 Å². The molecule has 0 aliphatic heterocycles. The fourth-order valence-corrected chi connectivity index (χ4v) is 3.89. The highest BCUT2D eigenvalue weighted by atomic mass is 16.5. The van der Waals surface area contributed by atoms with E-state index >= 15 is 0 Å². The number of carbonyl (C=O) groups is 2. The highest BCUT2D eigenvalue weighted by molar-refractivity contribution is 6.08. The molecule has 0 saturated heterocycles. The zero-order valence-electron chi connectivity index (χ0n) is 22.3. The first-order valence-corrected chi connectivity index (χ1v) is 11.8. The number of esters is 1. The Labute approximate surface area is 217 Å². The first-order chi connectivity index (χ1) is 17.7. The van der Waals surface area contributed by atoms with Crippen LogP contribution in [-0.4, -0.2) is 39.8 Å². The molecule has 0 spiro atoms. The van der Waals surface area contributed by atoms with Crippen LogP contribution >= 0.6 is 0 Å². The first-order valence-electron chi connectivity index (χ1n) is 11.8. The van der Waals surface area contributed by atoms with E-state index in [1.165, 1.54) is 33.5 Å². The average Bonchev–Trinajstić information content (AvgIpc) is 2.89. The molecule has 3 rings (SSSR count). The maximum Gasteiger partial charge on any atom is 0.340 e. The molecule has 0 fully saturated rings. The highest BCUT2D eigenvalue weighted by Gasteiger charge is 2.20. The molecule has 3 aromatic carbocycles. The van der Waals surface area contributed by atoms with Crippen molar-refractivity contribution in [2.75, 3.05) is 33.3 Å². The molecule has 0 atom stereocenters. The van der Waals surface area contributed by atoms with Gasteiger partial charge in [-0.1, -0.05) is 6.07 Å². The molecule has 1 amide bonds. The normalized spacial score (nSPS) is 10.5. The topological polar surface area (TPSA) is 92.3 Å². The smallest absolute Gasteiger partial charge is 0.340 e. The Morgan fingerprint density at radius 1 is 0.811 bits per heavy atom. The van der Waals surface area contributed by atoms with Crippen molar-refractivity contribution in [3.63, 3.8) is 0 Å². The van der Waals surface area contributed by atoms with Crippen LogP contribution in [0.15, 0.2) is 42.5 Å². The summed E-state index contributed by atoms with van der Waals surface area (Å²) in [4.78, 5) is 25.6. The van der Waals surface area contributed by atoms with Crippen LogP contribution in [0.4, 0.5) is 5.69 Å².